The number of thioether (sulfide) groups is 2. The van der Waals surface area contributed by atoms with Gasteiger partial charge in [0.2, 0.25) is 0 Å². The molecule has 6 heteroatoms. The van der Waals surface area contributed by atoms with Crippen LogP contribution in [0.3, 0.4) is 0 Å². The molecule has 0 spiro atoms. The molecule has 1 N–H and O–H groups in total. The number of nitrogens with zero attached hydrogens (tertiary/aromatic N) is 2. The van der Waals surface area contributed by atoms with Crippen LogP contribution in [0.5, 0.6) is 0 Å². The quantitative estimate of drug-likeness (QED) is 0.766. The summed E-state index contributed by atoms with van der Waals surface area (Å²) in [4.78, 5) is 15.3. The van der Waals surface area contributed by atoms with Crippen molar-refractivity contribution in [1.82, 2.24) is 9.55 Å². The second-order valence-corrected chi connectivity index (χ2v) is 8.24. The molecule has 1 aromatic heterocycles. The van der Waals surface area contributed by atoms with E-state index in [1.54, 1.807) is 0 Å². The summed E-state index contributed by atoms with van der Waals surface area (Å²) in [5.41, 5.74) is 1.23. The second-order valence-electron chi connectivity index (χ2n) is 5.72. The van der Waals surface area contributed by atoms with E-state index in [1.165, 1.54) is 42.5 Å². The van der Waals surface area contributed by atoms with Crippen molar-refractivity contribution in [2.75, 3.05) is 11.5 Å². The SMILES string of the molecule is CCSC1CCC(n2c(C(C)C)cnc2SCC(=O)O)C1. The lowest BCUT2D eigenvalue weighted by Crippen LogP contribution is -2.13. The number of carbonyl (C=O) groups is 1. The summed E-state index contributed by atoms with van der Waals surface area (Å²) in [6.45, 7) is 6.56. The Morgan fingerprint density at radius 1 is 1.52 bits per heavy atom. The molecule has 1 aliphatic carbocycles. The zero-order valence-corrected chi connectivity index (χ0v) is 14.5. The summed E-state index contributed by atoms with van der Waals surface area (Å²) >= 11 is 3.38. The van der Waals surface area contributed by atoms with Crippen LogP contribution in [0.2, 0.25) is 0 Å². The predicted molar refractivity (Wildman–Crippen MR) is 89.5 cm³/mol. The number of rotatable bonds is 7. The molecular formula is C15H24N2O2S2. The van der Waals surface area contributed by atoms with Crippen LogP contribution in [-0.4, -0.2) is 37.4 Å². The number of carboxylic acids is 1. The van der Waals surface area contributed by atoms with Crippen molar-refractivity contribution >= 4 is 29.5 Å². The zero-order valence-electron chi connectivity index (χ0n) is 12.9. The molecule has 1 aliphatic rings. The van der Waals surface area contributed by atoms with E-state index in [1.807, 2.05) is 18.0 Å². The fourth-order valence-corrected chi connectivity index (χ4v) is 4.83. The van der Waals surface area contributed by atoms with Crippen LogP contribution in [0.1, 0.15) is 57.7 Å². The van der Waals surface area contributed by atoms with Crippen molar-refractivity contribution in [3.05, 3.63) is 11.9 Å². The van der Waals surface area contributed by atoms with Crippen molar-refractivity contribution in [3.63, 3.8) is 0 Å². The lowest BCUT2D eigenvalue weighted by atomic mass is 10.1. The molecule has 2 atom stereocenters. The molecule has 0 bridgehead atoms. The number of hydrogen-bond donors (Lipinski definition) is 1. The van der Waals surface area contributed by atoms with Gasteiger partial charge in [-0.25, -0.2) is 4.98 Å². The molecule has 1 heterocycles. The minimum Gasteiger partial charge on any atom is -0.481 e. The molecule has 21 heavy (non-hydrogen) atoms. The van der Waals surface area contributed by atoms with Crippen molar-refractivity contribution in [2.24, 2.45) is 0 Å². The maximum Gasteiger partial charge on any atom is 0.313 e. The molecular weight excluding hydrogens is 304 g/mol. The molecule has 0 aliphatic heterocycles. The lowest BCUT2D eigenvalue weighted by Gasteiger charge is -2.20. The fraction of sp³-hybridized carbons (Fsp3) is 0.733. The third-order valence-electron chi connectivity index (χ3n) is 3.83. The fourth-order valence-electron chi connectivity index (χ4n) is 2.92. The van der Waals surface area contributed by atoms with Gasteiger partial charge < -0.3 is 9.67 Å². The molecule has 2 rings (SSSR count). The summed E-state index contributed by atoms with van der Waals surface area (Å²) in [6, 6.07) is 0.477. The third kappa shape index (κ3) is 4.19. The first-order chi connectivity index (χ1) is 10.0. The van der Waals surface area contributed by atoms with Gasteiger partial charge in [-0.3, -0.25) is 4.79 Å². The van der Waals surface area contributed by atoms with Crippen LogP contribution < -0.4 is 0 Å². The van der Waals surface area contributed by atoms with Crippen molar-refractivity contribution < 1.29 is 9.90 Å². The highest BCUT2D eigenvalue weighted by molar-refractivity contribution is 8.00. The van der Waals surface area contributed by atoms with E-state index in [4.69, 9.17) is 5.11 Å². The summed E-state index contributed by atoms with van der Waals surface area (Å²) in [5, 5.41) is 10.5. The molecule has 1 aromatic rings. The van der Waals surface area contributed by atoms with Gasteiger partial charge in [-0.2, -0.15) is 11.8 Å². The predicted octanol–water partition coefficient (Wildman–Crippen LogP) is 4.03. The Labute approximate surface area is 135 Å². The Balaban J connectivity index is 2.18. The van der Waals surface area contributed by atoms with E-state index >= 15 is 0 Å². The van der Waals surface area contributed by atoms with E-state index < -0.39 is 5.97 Å². The topological polar surface area (TPSA) is 55.1 Å². The highest BCUT2D eigenvalue weighted by Crippen LogP contribution is 2.40. The van der Waals surface area contributed by atoms with E-state index in [0.717, 1.165) is 10.4 Å². The van der Waals surface area contributed by atoms with Gasteiger partial charge in [0.1, 0.15) is 0 Å². The first-order valence-corrected chi connectivity index (χ1v) is 9.59. The van der Waals surface area contributed by atoms with Crippen molar-refractivity contribution in [3.8, 4) is 0 Å². The van der Waals surface area contributed by atoms with E-state index in [-0.39, 0.29) is 5.75 Å². The minimum absolute atomic E-state index is 0.0778. The number of aromatic nitrogens is 2. The highest BCUT2D eigenvalue weighted by Gasteiger charge is 2.29. The molecule has 0 aromatic carbocycles. The second kappa shape index (κ2) is 7.58. The monoisotopic (exact) mass is 328 g/mol. The van der Waals surface area contributed by atoms with Crippen molar-refractivity contribution in [1.29, 1.82) is 0 Å². The lowest BCUT2D eigenvalue weighted by molar-refractivity contribution is -0.133. The van der Waals surface area contributed by atoms with Gasteiger partial charge in [0.15, 0.2) is 5.16 Å². The van der Waals surface area contributed by atoms with Gasteiger partial charge in [0.25, 0.3) is 0 Å². The average Bonchev–Trinajstić information content (AvgIpc) is 3.02. The molecule has 1 saturated carbocycles. The van der Waals surface area contributed by atoms with Crippen LogP contribution in [0.15, 0.2) is 11.4 Å². The normalized spacial score (nSPS) is 22.1. The molecule has 0 amide bonds. The summed E-state index contributed by atoms with van der Waals surface area (Å²) in [7, 11) is 0. The summed E-state index contributed by atoms with van der Waals surface area (Å²) in [5.74, 6) is 0.869. The van der Waals surface area contributed by atoms with Crippen LogP contribution >= 0.6 is 23.5 Å². The first-order valence-electron chi connectivity index (χ1n) is 7.56. The van der Waals surface area contributed by atoms with Gasteiger partial charge in [-0.1, -0.05) is 32.5 Å². The molecule has 0 radical (unpaired) electrons. The number of hydrogen-bond acceptors (Lipinski definition) is 4. The largest absolute Gasteiger partial charge is 0.481 e. The average molecular weight is 329 g/mol. The Morgan fingerprint density at radius 2 is 2.29 bits per heavy atom. The molecule has 1 fully saturated rings. The van der Waals surface area contributed by atoms with E-state index in [0.29, 0.717) is 12.0 Å². The Hall–Kier alpha value is -0.620. The number of aliphatic carboxylic acids is 1. The van der Waals surface area contributed by atoms with Crippen LogP contribution in [0, 0.1) is 0 Å². The molecule has 0 saturated heterocycles. The Bertz CT molecular complexity index is 488. The van der Waals surface area contributed by atoms with Crippen LogP contribution in [-0.2, 0) is 4.79 Å². The summed E-state index contributed by atoms with van der Waals surface area (Å²) < 4.78 is 2.31. The zero-order chi connectivity index (χ0) is 15.4. The van der Waals surface area contributed by atoms with Crippen LogP contribution in [0.4, 0.5) is 0 Å². The minimum atomic E-state index is -0.786. The van der Waals surface area contributed by atoms with Gasteiger partial charge >= 0.3 is 5.97 Å². The maximum absolute atomic E-state index is 10.8. The standard InChI is InChI=1S/C15H24N2O2S2/c1-4-20-12-6-5-11(7-12)17-13(10(2)3)8-16-15(17)21-9-14(18)19/h8,10-12H,4-7,9H2,1-3H3,(H,18,19). The number of imidazole rings is 1. The Morgan fingerprint density at radius 3 is 2.90 bits per heavy atom. The van der Waals surface area contributed by atoms with Gasteiger partial charge in [0.05, 0.1) is 5.75 Å². The van der Waals surface area contributed by atoms with E-state index in [2.05, 4.69) is 30.3 Å². The van der Waals surface area contributed by atoms with Crippen LogP contribution in [0.25, 0.3) is 0 Å². The van der Waals surface area contributed by atoms with Gasteiger partial charge in [-0.15, -0.1) is 0 Å². The smallest absolute Gasteiger partial charge is 0.313 e. The first kappa shape index (κ1) is 16.7. The maximum atomic E-state index is 10.8. The van der Waals surface area contributed by atoms with E-state index in [9.17, 15) is 4.79 Å². The molecule has 118 valence electrons. The summed E-state index contributed by atoms with van der Waals surface area (Å²) in [6.07, 6.45) is 5.53. The highest BCUT2D eigenvalue weighted by atomic mass is 32.2. The number of carboxylic acid groups (broad SMARTS) is 1. The molecule has 4 nitrogen and oxygen atoms in total. The van der Waals surface area contributed by atoms with Crippen molar-refractivity contribution in [2.45, 2.75) is 62.4 Å². The third-order valence-corrected chi connectivity index (χ3v) is 6.02. The van der Waals surface area contributed by atoms with Gasteiger partial charge in [0, 0.05) is 23.2 Å². The Kier molecular flexibility index (Phi) is 6.05. The molecule has 2 unspecified atom stereocenters. The van der Waals surface area contributed by atoms with Gasteiger partial charge in [-0.05, 0) is 30.9 Å².